The van der Waals surface area contributed by atoms with Crippen LogP contribution in [-0.2, 0) is 4.79 Å². The molecule has 0 aliphatic carbocycles. The Morgan fingerprint density at radius 3 is 2.70 bits per heavy atom. The van der Waals surface area contributed by atoms with Crippen molar-refractivity contribution in [3.05, 3.63) is 11.8 Å². The van der Waals surface area contributed by atoms with Gasteiger partial charge in [0.1, 0.15) is 5.82 Å². The van der Waals surface area contributed by atoms with E-state index < -0.39 is 0 Å². The molecule has 5 nitrogen and oxygen atoms in total. The number of piperidine rings is 1. The fraction of sp³-hybridized carbons (Fsp3) is 0.643. The fourth-order valence-electron chi connectivity index (χ4n) is 2.31. The van der Waals surface area contributed by atoms with Crippen LogP contribution in [0.3, 0.4) is 0 Å². The summed E-state index contributed by atoms with van der Waals surface area (Å²) >= 11 is 1.38. The van der Waals surface area contributed by atoms with Crippen molar-refractivity contribution in [1.29, 1.82) is 0 Å². The van der Waals surface area contributed by atoms with E-state index in [1.165, 1.54) is 11.8 Å². The molecule has 1 aromatic heterocycles. The van der Waals surface area contributed by atoms with E-state index in [0.29, 0.717) is 11.0 Å². The first-order chi connectivity index (χ1) is 9.45. The lowest BCUT2D eigenvalue weighted by Gasteiger charge is -2.31. The minimum Gasteiger partial charge on any atom is -0.384 e. The summed E-state index contributed by atoms with van der Waals surface area (Å²) in [6, 6.07) is 1.72. The highest BCUT2D eigenvalue weighted by Crippen LogP contribution is 2.24. The maximum atomic E-state index is 12.4. The number of thioether (sulfide) groups is 1. The molecule has 0 saturated carbocycles. The quantitative estimate of drug-likeness (QED) is 0.683. The van der Waals surface area contributed by atoms with Gasteiger partial charge in [0.2, 0.25) is 5.91 Å². The minimum atomic E-state index is -0.176. The Labute approximate surface area is 124 Å². The highest BCUT2D eigenvalue weighted by atomic mass is 32.2. The Bertz CT molecular complexity index is 466. The fourth-order valence-corrected chi connectivity index (χ4v) is 3.23. The number of rotatable bonds is 3. The minimum absolute atomic E-state index is 0.172. The smallest absolute Gasteiger partial charge is 0.235 e. The number of carbonyl (C=O) groups is 1. The van der Waals surface area contributed by atoms with E-state index in [0.717, 1.165) is 37.5 Å². The summed E-state index contributed by atoms with van der Waals surface area (Å²) in [4.78, 5) is 22.8. The number of nitrogen functional groups attached to an aromatic ring is 1. The number of anilines is 1. The van der Waals surface area contributed by atoms with Crippen LogP contribution >= 0.6 is 11.8 Å². The maximum absolute atomic E-state index is 12.4. The second-order valence-corrected chi connectivity index (χ2v) is 6.79. The van der Waals surface area contributed by atoms with E-state index in [4.69, 9.17) is 5.73 Å². The predicted octanol–water partition coefficient (Wildman–Crippen LogP) is 2.11. The number of nitrogens with zero attached hydrogens (tertiary/aromatic N) is 3. The summed E-state index contributed by atoms with van der Waals surface area (Å²) in [6.45, 7) is 7.75. The van der Waals surface area contributed by atoms with Crippen molar-refractivity contribution in [3.63, 3.8) is 0 Å². The molecule has 6 heteroatoms. The molecule has 0 bridgehead atoms. The van der Waals surface area contributed by atoms with Crippen molar-refractivity contribution in [2.75, 3.05) is 18.8 Å². The number of amides is 1. The van der Waals surface area contributed by atoms with E-state index in [2.05, 4.69) is 16.9 Å². The summed E-state index contributed by atoms with van der Waals surface area (Å²) in [7, 11) is 0. The van der Waals surface area contributed by atoms with Crippen LogP contribution in [0.1, 0.15) is 32.4 Å². The van der Waals surface area contributed by atoms with Gasteiger partial charge in [-0.15, -0.1) is 0 Å². The van der Waals surface area contributed by atoms with Crippen molar-refractivity contribution < 1.29 is 4.79 Å². The van der Waals surface area contributed by atoms with Gasteiger partial charge in [0, 0.05) is 24.8 Å². The Balaban J connectivity index is 1.97. The summed E-state index contributed by atoms with van der Waals surface area (Å²) in [6.07, 6.45) is 2.19. The van der Waals surface area contributed by atoms with Gasteiger partial charge in [0.05, 0.1) is 5.25 Å². The zero-order valence-electron chi connectivity index (χ0n) is 12.3. The molecule has 1 amide bonds. The lowest BCUT2D eigenvalue weighted by Crippen LogP contribution is -2.41. The number of likely N-dealkylation sites (tertiary alicyclic amines) is 1. The Morgan fingerprint density at radius 2 is 2.10 bits per heavy atom. The largest absolute Gasteiger partial charge is 0.384 e. The number of carbonyl (C=O) groups excluding carboxylic acids is 1. The van der Waals surface area contributed by atoms with Gasteiger partial charge in [-0.1, -0.05) is 18.7 Å². The molecule has 0 radical (unpaired) electrons. The third-order valence-electron chi connectivity index (χ3n) is 3.58. The highest BCUT2D eigenvalue weighted by Gasteiger charge is 2.25. The number of aromatic nitrogens is 2. The van der Waals surface area contributed by atoms with Crippen LogP contribution in [0.15, 0.2) is 11.2 Å². The van der Waals surface area contributed by atoms with Gasteiger partial charge in [-0.25, -0.2) is 9.97 Å². The normalized spacial score (nSPS) is 18.1. The molecular formula is C14H22N4OS. The SMILES string of the molecule is Cc1cc(N)nc(S[C@@H](C)C(=O)N2CCC(C)CC2)n1. The summed E-state index contributed by atoms with van der Waals surface area (Å²) in [5.41, 5.74) is 6.53. The number of nitrogens with two attached hydrogens (primary N) is 1. The summed E-state index contributed by atoms with van der Waals surface area (Å²) in [5.74, 6) is 1.35. The van der Waals surface area contributed by atoms with Gasteiger partial charge in [0.25, 0.3) is 0 Å². The molecule has 1 aromatic rings. The molecule has 20 heavy (non-hydrogen) atoms. The van der Waals surface area contributed by atoms with Gasteiger partial charge in [0.15, 0.2) is 5.16 Å². The van der Waals surface area contributed by atoms with Crippen LogP contribution in [0, 0.1) is 12.8 Å². The van der Waals surface area contributed by atoms with Crippen LogP contribution in [0.5, 0.6) is 0 Å². The summed E-state index contributed by atoms with van der Waals surface area (Å²) < 4.78 is 0. The average Bonchev–Trinajstić information content (AvgIpc) is 2.37. The molecule has 0 unspecified atom stereocenters. The van der Waals surface area contributed by atoms with E-state index in [9.17, 15) is 4.79 Å². The second kappa shape index (κ2) is 6.43. The molecule has 2 rings (SSSR count). The van der Waals surface area contributed by atoms with Gasteiger partial charge in [-0.2, -0.15) is 0 Å². The average molecular weight is 294 g/mol. The van der Waals surface area contributed by atoms with Crippen LogP contribution in [0.2, 0.25) is 0 Å². The Kier molecular flexibility index (Phi) is 4.86. The number of aryl methyl sites for hydroxylation is 1. The third-order valence-corrected chi connectivity index (χ3v) is 4.53. The predicted molar refractivity (Wildman–Crippen MR) is 81.5 cm³/mol. The molecule has 0 spiro atoms. The molecule has 1 aliphatic heterocycles. The monoisotopic (exact) mass is 294 g/mol. The van der Waals surface area contributed by atoms with E-state index in [1.807, 2.05) is 18.7 Å². The standard InChI is InChI=1S/C14H22N4OS/c1-9-4-6-18(7-5-9)13(19)11(3)20-14-16-10(2)8-12(15)17-14/h8-9,11H,4-7H2,1-3H3,(H2,15,16,17)/t11-/m0/s1. The number of hydrogen-bond acceptors (Lipinski definition) is 5. The Hall–Kier alpha value is -1.30. The van der Waals surface area contributed by atoms with Crippen molar-refractivity contribution in [2.45, 2.75) is 44.0 Å². The zero-order valence-corrected chi connectivity index (χ0v) is 13.1. The van der Waals surface area contributed by atoms with E-state index in [-0.39, 0.29) is 11.2 Å². The first-order valence-electron chi connectivity index (χ1n) is 7.02. The third kappa shape index (κ3) is 3.85. The zero-order chi connectivity index (χ0) is 14.7. The molecule has 2 heterocycles. The lowest BCUT2D eigenvalue weighted by atomic mass is 9.99. The van der Waals surface area contributed by atoms with Crippen molar-refractivity contribution in [1.82, 2.24) is 14.9 Å². The molecule has 0 aromatic carbocycles. The van der Waals surface area contributed by atoms with Crippen LogP contribution in [-0.4, -0.2) is 39.1 Å². The van der Waals surface area contributed by atoms with Crippen molar-refractivity contribution in [3.8, 4) is 0 Å². The second-order valence-electron chi connectivity index (χ2n) is 5.48. The topological polar surface area (TPSA) is 72.1 Å². The molecule has 2 N–H and O–H groups in total. The molecular weight excluding hydrogens is 272 g/mol. The maximum Gasteiger partial charge on any atom is 0.235 e. The first-order valence-corrected chi connectivity index (χ1v) is 7.90. The molecule has 1 aliphatic rings. The summed E-state index contributed by atoms with van der Waals surface area (Å²) in [5, 5.41) is 0.401. The molecule has 110 valence electrons. The van der Waals surface area contributed by atoms with E-state index >= 15 is 0 Å². The van der Waals surface area contributed by atoms with Gasteiger partial charge >= 0.3 is 0 Å². The van der Waals surface area contributed by atoms with Crippen LogP contribution in [0.4, 0.5) is 5.82 Å². The molecule has 1 saturated heterocycles. The molecule has 1 atom stereocenters. The van der Waals surface area contributed by atoms with Crippen LogP contribution < -0.4 is 5.73 Å². The van der Waals surface area contributed by atoms with E-state index in [1.54, 1.807) is 6.07 Å². The number of hydrogen-bond donors (Lipinski definition) is 1. The van der Waals surface area contributed by atoms with Crippen LogP contribution in [0.25, 0.3) is 0 Å². The van der Waals surface area contributed by atoms with Gasteiger partial charge in [-0.3, -0.25) is 4.79 Å². The lowest BCUT2D eigenvalue weighted by molar-refractivity contribution is -0.131. The molecule has 1 fully saturated rings. The van der Waals surface area contributed by atoms with Gasteiger partial charge in [-0.05, 0) is 32.6 Å². The van der Waals surface area contributed by atoms with Crippen molar-refractivity contribution in [2.24, 2.45) is 5.92 Å². The van der Waals surface area contributed by atoms with Crippen molar-refractivity contribution >= 4 is 23.5 Å². The first kappa shape index (κ1) is 15.1. The van der Waals surface area contributed by atoms with Gasteiger partial charge < -0.3 is 10.6 Å². The Morgan fingerprint density at radius 1 is 1.45 bits per heavy atom. The highest BCUT2D eigenvalue weighted by molar-refractivity contribution is 8.00.